The van der Waals surface area contributed by atoms with Crippen LogP contribution < -0.4 is 0 Å². The number of allylic oxidation sites excluding steroid dienone is 1. The fraction of sp³-hybridized carbons (Fsp3) is 0.786. The average molecular weight is 260 g/mol. The van der Waals surface area contributed by atoms with Gasteiger partial charge in [-0.3, -0.25) is 4.79 Å². The fourth-order valence-electron chi connectivity index (χ4n) is 1.27. The van der Waals surface area contributed by atoms with Gasteiger partial charge in [-0.05, 0) is 26.2 Å². The summed E-state index contributed by atoms with van der Waals surface area (Å²) >= 11 is 0. The third-order valence-corrected chi connectivity index (χ3v) is 2.31. The molecule has 0 amide bonds. The minimum Gasteiger partial charge on any atom is -0.481 e. The molecule has 0 saturated heterocycles. The Bertz CT molecular complexity index is 190. The number of carboxylic acid groups (broad SMARTS) is 1. The molecule has 0 aliphatic carbocycles. The van der Waals surface area contributed by atoms with Crippen LogP contribution in [0.15, 0.2) is 12.7 Å². The van der Waals surface area contributed by atoms with Crippen molar-refractivity contribution in [2.24, 2.45) is 0 Å². The Hall–Kier alpha value is -0.870. The average Bonchev–Trinajstić information content (AvgIpc) is 2.33. The number of aliphatic hydroxyl groups is 2. The van der Waals surface area contributed by atoms with Crippen LogP contribution in [0.4, 0.5) is 0 Å². The molecule has 3 N–H and O–H groups in total. The van der Waals surface area contributed by atoms with E-state index >= 15 is 0 Å². The Balaban J connectivity index is 0. The third-order valence-electron chi connectivity index (χ3n) is 2.31. The zero-order valence-corrected chi connectivity index (χ0v) is 11.5. The van der Waals surface area contributed by atoms with Crippen molar-refractivity contribution in [1.29, 1.82) is 0 Å². The molecule has 108 valence electrons. The number of carbonyl (C=O) groups is 1. The second-order valence-electron chi connectivity index (χ2n) is 4.37. The lowest BCUT2D eigenvalue weighted by Crippen LogP contribution is -2.03. The number of unbranched alkanes of at least 4 members (excludes halogenated alkanes) is 6. The third kappa shape index (κ3) is 24.4. The Kier molecular flexibility index (Phi) is 17.4. The van der Waals surface area contributed by atoms with Gasteiger partial charge in [0.05, 0.1) is 12.7 Å². The second-order valence-corrected chi connectivity index (χ2v) is 4.37. The summed E-state index contributed by atoms with van der Waals surface area (Å²) in [6.45, 7) is 5.05. The van der Waals surface area contributed by atoms with E-state index < -0.39 is 12.1 Å². The highest BCUT2D eigenvalue weighted by Gasteiger charge is 1.95. The quantitative estimate of drug-likeness (QED) is 0.417. The van der Waals surface area contributed by atoms with Crippen LogP contribution in [-0.4, -0.2) is 34.0 Å². The van der Waals surface area contributed by atoms with Gasteiger partial charge in [-0.2, -0.15) is 0 Å². The number of aliphatic carboxylic acids is 1. The van der Waals surface area contributed by atoms with E-state index in [9.17, 15) is 4.79 Å². The monoisotopic (exact) mass is 260 g/mol. The number of rotatable bonds is 10. The van der Waals surface area contributed by atoms with Crippen molar-refractivity contribution in [3.8, 4) is 0 Å². The highest BCUT2D eigenvalue weighted by molar-refractivity contribution is 5.66. The highest BCUT2D eigenvalue weighted by Crippen LogP contribution is 2.08. The summed E-state index contributed by atoms with van der Waals surface area (Å²) in [7, 11) is 0. The van der Waals surface area contributed by atoms with Gasteiger partial charge >= 0.3 is 5.97 Å². The van der Waals surface area contributed by atoms with E-state index in [0.29, 0.717) is 6.42 Å². The van der Waals surface area contributed by atoms with Gasteiger partial charge in [0.2, 0.25) is 0 Å². The van der Waals surface area contributed by atoms with Crippen LogP contribution in [0, 0.1) is 0 Å². The van der Waals surface area contributed by atoms with Gasteiger partial charge in [-0.1, -0.05) is 31.8 Å². The SMILES string of the molecule is C=CCCCCCCCCC(=O)O.CC(O)CO. The van der Waals surface area contributed by atoms with Crippen LogP contribution >= 0.6 is 0 Å². The van der Waals surface area contributed by atoms with Crippen molar-refractivity contribution >= 4 is 5.97 Å². The Morgan fingerprint density at radius 3 is 2.00 bits per heavy atom. The molecular weight excluding hydrogens is 232 g/mol. The Morgan fingerprint density at radius 2 is 1.61 bits per heavy atom. The van der Waals surface area contributed by atoms with E-state index in [1.165, 1.54) is 32.6 Å². The van der Waals surface area contributed by atoms with Gasteiger partial charge in [-0.25, -0.2) is 0 Å². The van der Waals surface area contributed by atoms with Crippen LogP contribution in [0.5, 0.6) is 0 Å². The Morgan fingerprint density at radius 1 is 1.17 bits per heavy atom. The molecule has 0 saturated carbocycles. The molecule has 0 spiro atoms. The highest BCUT2D eigenvalue weighted by atomic mass is 16.4. The fourth-order valence-corrected chi connectivity index (χ4v) is 1.27. The van der Waals surface area contributed by atoms with Gasteiger partial charge in [0.15, 0.2) is 0 Å². The van der Waals surface area contributed by atoms with Crippen molar-refractivity contribution in [2.45, 2.75) is 64.4 Å². The van der Waals surface area contributed by atoms with E-state index in [-0.39, 0.29) is 6.61 Å². The predicted octanol–water partition coefficient (Wildman–Crippen LogP) is 2.74. The van der Waals surface area contributed by atoms with E-state index in [2.05, 4.69) is 6.58 Å². The molecule has 0 aromatic carbocycles. The maximum absolute atomic E-state index is 10.2. The van der Waals surface area contributed by atoms with Crippen molar-refractivity contribution in [3.63, 3.8) is 0 Å². The van der Waals surface area contributed by atoms with Crippen molar-refractivity contribution < 1.29 is 20.1 Å². The smallest absolute Gasteiger partial charge is 0.303 e. The van der Waals surface area contributed by atoms with Crippen molar-refractivity contribution in [2.75, 3.05) is 6.61 Å². The lowest BCUT2D eigenvalue weighted by molar-refractivity contribution is -0.137. The molecule has 0 bridgehead atoms. The van der Waals surface area contributed by atoms with Gasteiger partial charge < -0.3 is 15.3 Å². The first-order valence-corrected chi connectivity index (χ1v) is 6.66. The maximum Gasteiger partial charge on any atom is 0.303 e. The molecular formula is C14H28O4. The molecule has 18 heavy (non-hydrogen) atoms. The summed E-state index contributed by atoms with van der Waals surface area (Å²) in [5.41, 5.74) is 0. The normalized spacial score (nSPS) is 11.3. The Labute approximate surface area is 110 Å². The standard InChI is InChI=1S/C11H20O2.C3H8O2/c1-2-3-4-5-6-7-8-9-10-11(12)13;1-3(5)2-4/h2H,1,3-10H2,(H,12,13);3-5H,2H2,1H3. The number of hydrogen-bond acceptors (Lipinski definition) is 3. The van der Waals surface area contributed by atoms with E-state index in [1.54, 1.807) is 0 Å². The van der Waals surface area contributed by atoms with Crippen molar-refractivity contribution in [1.82, 2.24) is 0 Å². The van der Waals surface area contributed by atoms with E-state index in [1.807, 2.05) is 6.08 Å². The van der Waals surface area contributed by atoms with Crippen LogP contribution in [0.3, 0.4) is 0 Å². The van der Waals surface area contributed by atoms with E-state index in [4.69, 9.17) is 15.3 Å². The minimum absolute atomic E-state index is 0.139. The second kappa shape index (κ2) is 16.1. The number of hydrogen-bond donors (Lipinski definition) is 3. The molecule has 0 aliphatic heterocycles. The van der Waals surface area contributed by atoms with E-state index in [0.717, 1.165) is 19.3 Å². The summed E-state index contributed by atoms with van der Waals surface area (Å²) in [5, 5.41) is 24.4. The summed E-state index contributed by atoms with van der Waals surface area (Å²) in [6, 6.07) is 0. The maximum atomic E-state index is 10.2. The minimum atomic E-state index is -0.674. The molecule has 4 heteroatoms. The number of aliphatic hydroxyl groups excluding tert-OH is 2. The molecule has 4 nitrogen and oxygen atoms in total. The summed E-state index contributed by atoms with van der Waals surface area (Å²) < 4.78 is 0. The van der Waals surface area contributed by atoms with Crippen LogP contribution in [0.1, 0.15) is 58.3 Å². The first-order valence-electron chi connectivity index (χ1n) is 6.66. The molecule has 1 atom stereocenters. The van der Waals surface area contributed by atoms with Crippen LogP contribution in [0.25, 0.3) is 0 Å². The summed E-state index contributed by atoms with van der Waals surface area (Å²) in [4.78, 5) is 10.2. The van der Waals surface area contributed by atoms with Gasteiger partial charge in [0.1, 0.15) is 0 Å². The predicted molar refractivity (Wildman–Crippen MR) is 73.5 cm³/mol. The molecule has 0 aliphatic rings. The van der Waals surface area contributed by atoms with Crippen LogP contribution in [-0.2, 0) is 4.79 Å². The van der Waals surface area contributed by atoms with Crippen molar-refractivity contribution in [3.05, 3.63) is 12.7 Å². The van der Waals surface area contributed by atoms with Crippen LogP contribution in [0.2, 0.25) is 0 Å². The molecule has 0 heterocycles. The molecule has 1 unspecified atom stereocenters. The topological polar surface area (TPSA) is 77.8 Å². The molecule has 0 aromatic rings. The zero-order valence-electron chi connectivity index (χ0n) is 11.5. The van der Waals surface area contributed by atoms with Gasteiger partial charge in [-0.15, -0.1) is 6.58 Å². The van der Waals surface area contributed by atoms with Gasteiger partial charge in [0, 0.05) is 6.42 Å². The lowest BCUT2D eigenvalue weighted by Gasteiger charge is -1.98. The first kappa shape index (κ1) is 19.5. The largest absolute Gasteiger partial charge is 0.481 e. The lowest BCUT2D eigenvalue weighted by atomic mass is 10.1. The first-order chi connectivity index (χ1) is 8.54. The van der Waals surface area contributed by atoms with Gasteiger partial charge in [0.25, 0.3) is 0 Å². The molecule has 0 aromatic heterocycles. The zero-order chi connectivity index (χ0) is 14.2. The molecule has 0 radical (unpaired) electrons. The molecule has 0 rings (SSSR count). The summed E-state index contributed by atoms with van der Waals surface area (Å²) in [5.74, 6) is -0.674. The number of carboxylic acids is 1. The summed E-state index contributed by atoms with van der Waals surface area (Å²) in [6.07, 6.45) is 9.58. The molecule has 0 fully saturated rings.